The highest BCUT2D eigenvalue weighted by atomic mass is 16.2. The van der Waals surface area contributed by atoms with E-state index < -0.39 is 11.6 Å². The van der Waals surface area contributed by atoms with Gasteiger partial charge >= 0.3 is 6.03 Å². The van der Waals surface area contributed by atoms with Gasteiger partial charge in [0, 0.05) is 29.2 Å². The van der Waals surface area contributed by atoms with Crippen molar-refractivity contribution < 1.29 is 9.59 Å². The number of aromatic nitrogens is 2. The van der Waals surface area contributed by atoms with Gasteiger partial charge in [-0.1, -0.05) is 51.6 Å². The smallest absolute Gasteiger partial charge is 0.319 e. The summed E-state index contributed by atoms with van der Waals surface area (Å²) >= 11 is 0. The predicted molar refractivity (Wildman–Crippen MR) is 155 cm³/mol. The van der Waals surface area contributed by atoms with Gasteiger partial charge in [0.1, 0.15) is 0 Å². The lowest BCUT2D eigenvalue weighted by atomic mass is 9.86. The summed E-state index contributed by atoms with van der Waals surface area (Å²) in [4.78, 5) is 29.9. The third-order valence-electron chi connectivity index (χ3n) is 5.91. The number of urea groups is 1. The fourth-order valence-electron chi connectivity index (χ4n) is 3.86. The van der Waals surface area contributed by atoms with Crippen LogP contribution in [0.15, 0.2) is 67.5 Å². The van der Waals surface area contributed by atoms with Crippen LogP contribution in [0.1, 0.15) is 74.4 Å². The number of nitrogens with one attached hydrogen (secondary N) is 3. The van der Waals surface area contributed by atoms with Crippen LogP contribution in [0.25, 0.3) is 11.3 Å². The van der Waals surface area contributed by atoms with Crippen molar-refractivity contribution in [3.05, 3.63) is 95.6 Å². The Balaban J connectivity index is 1.87. The summed E-state index contributed by atoms with van der Waals surface area (Å²) in [6, 6.07) is 12.9. The normalized spacial score (nSPS) is 12.1. The van der Waals surface area contributed by atoms with Crippen LogP contribution in [0.5, 0.6) is 0 Å². The largest absolute Gasteiger partial charge is 0.338 e. The van der Waals surface area contributed by atoms with Crippen molar-refractivity contribution in [2.45, 2.75) is 59.4 Å². The van der Waals surface area contributed by atoms with Gasteiger partial charge in [0.2, 0.25) is 0 Å². The number of hydrogen-bond donors (Lipinski definition) is 4. The molecule has 3 rings (SSSR count). The Bertz CT molecular complexity index is 1370. The molecule has 0 bridgehead atoms. The second kappa shape index (κ2) is 11.0. The number of carbonyl (C=O) groups excluding carboxylic acids is 2. The number of benzene rings is 2. The Labute approximate surface area is 225 Å². The van der Waals surface area contributed by atoms with E-state index in [1.807, 2.05) is 70.2 Å². The molecule has 5 N–H and O–H groups in total. The number of nitrogens with zero attached hydrogens (tertiary/aromatic N) is 2. The predicted octanol–water partition coefficient (Wildman–Crippen LogP) is 5.61. The molecule has 0 spiro atoms. The van der Waals surface area contributed by atoms with Crippen LogP contribution >= 0.6 is 0 Å². The van der Waals surface area contributed by atoms with Crippen molar-refractivity contribution in [3.63, 3.8) is 0 Å². The molecule has 3 aromatic rings. The molecule has 1 heterocycles. The molecule has 8 nitrogen and oxygen atoms in total. The van der Waals surface area contributed by atoms with Gasteiger partial charge in [-0.3, -0.25) is 4.79 Å². The maximum atomic E-state index is 13.0. The first-order chi connectivity index (χ1) is 17.7. The first-order valence-electron chi connectivity index (χ1n) is 12.5. The molecule has 8 heteroatoms. The molecule has 0 aliphatic rings. The van der Waals surface area contributed by atoms with Gasteiger partial charge in [0.15, 0.2) is 5.82 Å². The molecule has 0 atom stereocenters. The number of hydrogen-bond acceptors (Lipinski definition) is 4. The zero-order valence-corrected chi connectivity index (χ0v) is 23.3. The van der Waals surface area contributed by atoms with Gasteiger partial charge < -0.3 is 21.8 Å². The topological polar surface area (TPSA) is 114 Å². The van der Waals surface area contributed by atoms with Crippen molar-refractivity contribution >= 4 is 28.9 Å². The quantitative estimate of drug-likeness (QED) is 0.253. The van der Waals surface area contributed by atoms with E-state index in [2.05, 4.69) is 48.3 Å². The summed E-state index contributed by atoms with van der Waals surface area (Å²) in [5, 5.41) is 8.72. The highest BCUT2D eigenvalue weighted by Crippen LogP contribution is 2.28. The molecule has 38 heavy (non-hydrogen) atoms. The Morgan fingerprint density at radius 2 is 1.68 bits per heavy atom. The molecule has 2 aromatic carbocycles. The molecule has 0 fully saturated rings. The van der Waals surface area contributed by atoms with Crippen LogP contribution < -0.4 is 21.8 Å². The zero-order valence-electron chi connectivity index (χ0n) is 23.3. The number of nitrogen functional groups attached to an aromatic ring is 1. The van der Waals surface area contributed by atoms with Gasteiger partial charge in [0.05, 0.1) is 5.70 Å². The Hall–Kier alpha value is -4.33. The first kappa shape index (κ1) is 28.2. The molecule has 200 valence electrons. The summed E-state index contributed by atoms with van der Waals surface area (Å²) in [5.74, 6) is 6.20. The van der Waals surface area contributed by atoms with E-state index in [0.717, 1.165) is 16.7 Å². The standard InChI is InChI=1S/C30H38N6O2/c1-19(18-25(26-32-16-17-36(26)31)34-28(38)35-30(6,7)8)23-10-9-11-24(20(23)2)33-27(37)21-12-14-22(15-13-21)29(3,4)5/h9-18H,1,31H2,2-8H3,(H,33,37)(H2,34,35,38)/b25-18+. The fourth-order valence-corrected chi connectivity index (χ4v) is 3.86. The average molecular weight is 515 g/mol. The van der Waals surface area contributed by atoms with E-state index >= 15 is 0 Å². The lowest BCUT2D eigenvalue weighted by Crippen LogP contribution is -2.46. The number of allylic oxidation sites excluding steroid dienone is 2. The Morgan fingerprint density at radius 1 is 1.03 bits per heavy atom. The van der Waals surface area contributed by atoms with E-state index in [1.165, 1.54) is 4.68 Å². The number of imidazole rings is 1. The molecular formula is C30H38N6O2. The van der Waals surface area contributed by atoms with Crippen molar-refractivity contribution in [2.75, 3.05) is 11.2 Å². The van der Waals surface area contributed by atoms with Crippen molar-refractivity contribution in [1.29, 1.82) is 0 Å². The van der Waals surface area contributed by atoms with Crippen LogP contribution in [0.3, 0.4) is 0 Å². The third kappa shape index (κ3) is 7.12. The van der Waals surface area contributed by atoms with Crippen molar-refractivity contribution in [3.8, 4) is 0 Å². The Kier molecular flexibility index (Phi) is 8.15. The average Bonchev–Trinajstić information content (AvgIpc) is 3.24. The van der Waals surface area contributed by atoms with Gasteiger partial charge in [-0.05, 0) is 79.6 Å². The second-order valence-electron chi connectivity index (χ2n) is 11.3. The number of amides is 3. The minimum atomic E-state index is -0.430. The van der Waals surface area contributed by atoms with Crippen LogP contribution in [-0.4, -0.2) is 27.1 Å². The van der Waals surface area contributed by atoms with E-state index in [-0.39, 0.29) is 11.3 Å². The van der Waals surface area contributed by atoms with Crippen molar-refractivity contribution in [2.24, 2.45) is 0 Å². The Morgan fingerprint density at radius 3 is 2.24 bits per heavy atom. The number of nitrogens with two attached hydrogens (primary N) is 1. The lowest BCUT2D eigenvalue weighted by molar-refractivity contribution is 0.102. The summed E-state index contributed by atoms with van der Waals surface area (Å²) in [6.07, 6.45) is 4.85. The molecule has 1 aromatic heterocycles. The van der Waals surface area contributed by atoms with E-state index in [9.17, 15) is 9.59 Å². The van der Waals surface area contributed by atoms with Crippen LogP contribution in [0.4, 0.5) is 10.5 Å². The third-order valence-corrected chi connectivity index (χ3v) is 5.91. The monoisotopic (exact) mass is 514 g/mol. The number of carbonyl (C=O) groups is 2. The van der Waals surface area contributed by atoms with E-state index in [1.54, 1.807) is 18.5 Å². The molecule has 0 saturated carbocycles. The minimum Gasteiger partial charge on any atom is -0.338 e. The highest BCUT2D eigenvalue weighted by molar-refractivity contribution is 6.05. The SMILES string of the molecule is C=C(/C=C(/NC(=O)NC(C)(C)C)c1nccn1N)c1cccc(NC(=O)c2ccc(C(C)(C)C)cc2)c1C. The van der Waals surface area contributed by atoms with E-state index in [0.29, 0.717) is 28.3 Å². The summed E-state index contributed by atoms with van der Waals surface area (Å²) in [7, 11) is 0. The molecule has 0 saturated heterocycles. The minimum absolute atomic E-state index is 0.00991. The highest BCUT2D eigenvalue weighted by Gasteiger charge is 2.19. The molecule has 3 amide bonds. The van der Waals surface area contributed by atoms with Crippen LogP contribution in [0, 0.1) is 6.92 Å². The fraction of sp³-hybridized carbons (Fsp3) is 0.300. The van der Waals surface area contributed by atoms with Crippen molar-refractivity contribution in [1.82, 2.24) is 20.3 Å². The van der Waals surface area contributed by atoms with Gasteiger partial charge in [0.25, 0.3) is 5.91 Å². The summed E-state index contributed by atoms with van der Waals surface area (Å²) in [6.45, 7) is 18.2. The summed E-state index contributed by atoms with van der Waals surface area (Å²) < 4.78 is 1.32. The maximum Gasteiger partial charge on any atom is 0.319 e. The molecule has 0 aliphatic heterocycles. The van der Waals surface area contributed by atoms with Crippen LogP contribution in [0.2, 0.25) is 0 Å². The second-order valence-corrected chi connectivity index (χ2v) is 11.3. The number of anilines is 1. The van der Waals surface area contributed by atoms with Gasteiger partial charge in [-0.15, -0.1) is 0 Å². The summed E-state index contributed by atoms with van der Waals surface area (Å²) in [5.41, 5.74) is 4.62. The van der Waals surface area contributed by atoms with Crippen LogP contribution in [-0.2, 0) is 5.41 Å². The number of rotatable bonds is 6. The molecule has 0 radical (unpaired) electrons. The van der Waals surface area contributed by atoms with Gasteiger partial charge in [-0.2, -0.15) is 0 Å². The molecule has 0 aliphatic carbocycles. The zero-order chi connectivity index (χ0) is 28.3. The van der Waals surface area contributed by atoms with Gasteiger partial charge in [-0.25, -0.2) is 14.5 Å². The maximum absolute atomic E-state index is 13.0. The first-order valence-corrected chi connectivity index (χ1v) is 12.5. The molecule has 0 unspecified atom stereocenters. The lowest BCUT2D eigenvalue weighted by Gasteiger charge is -2.21. The van der Waals surface area contributed by atoms with E-state index in [4.69, 9.17) is 5.84 Å². The molecular weight excluding hydrogens is 476 g/mol.